The van der Waals surface area contributed by atoms with Crippen molar-refractivity contribution in [1.29, 1.82) is 0 Å². The normalized spacial score (nSPS) is 14.7. The van der Waals surface area contributed by atoms with Crippen LogP contribution < -0.4 is 0 Å². The van der Waals surface area contributed by atoms with Gasteiger partial charge in [0.05, 0.1) is 24.7 Å². The first-order valence-electron chi connectivity index (χ1n) is 8.52. The molecule has 116 valence electrons. The second-order valence-electron chi connectivity index (χ2n) is 5.58. The zero-order valence-electron chi connectivity index (χ0n) is 13.5. The summed E-state index contributed by atoms with van der Waals surface area (Å²) >= 11 is 0. The van der Waals surface area contributed by atoms with E-state index in [1.54, 1.807) is 0 Å². The lowest BCUT2D eigenvalue weighted by Gasteiger charge is -2.16. The maximum Gasteiger partial charge on any atom is 0.0965 e. The Morgan fingerprint density at radius 2 is 1.15 bits per heavy atom. The molecule has 0 aromatic heterocycles. The zero-order chi connectivity index (χ0) is 14.5. The number of allylic oxidation sites excluding steroid dienone is 4. The lowest BCUT2D eigenvalue weighted by molar-refractivity contribution is 0.170. The molecule has 0 spiro atoms. The maximum atomic E-state index is 5.80. The van der Waals surface area contributed by atoms with Gasteiger partial charge in [0.1, 0.15) is 0 Å². The van der Waals surface area contributed by atoms with Crippen LogP contribution in [0.2, 0.25) is 0 Å². The van der Waals surface area contributed by atoms with Crippen LogP contribution in [0.15, 0.2) is 23.7 Å². The molecular weight excluding hydrogens is 248 g/mol. The molecule has 0 aliphatic heterocycles. The van der Waals surface area contributed by atoms with Gasteiger partial charge in [-0.1, -0.05) is 52.4 Å². The Hall–Kier alpha value is -0.920. The average molecular weight is 280 g/mol. The fraction of sp³-hybridized carbons (Fsp3) is 0.778. The van der Waals surface area contributed by atoms with Crippen LogP contribution >= 0.6 is 0 Å². The van der Waals surface area contributed by atoms with E-state index in [0.29, 0.717) is 0 Å². The van der Waals surface area contributed by atoms with Crippen LogP contribution in [0.1, 0.15) is 78.1 Å². The SMILES string of the molecule is CCCCCCOC1=CC=C(OCCCCCC)CC1. The largest absolute Gasteiger partial charge is 0.498 e. The zero-order valence-corrected chi connectivity index (χ0v) is 13.5. The van der Waals surface area contributed by atoms with Gasteiger partial charge in [-0.15, -0.1) is 0 Å². The van der Waals surface area contributed by atoms with E-state index >= 15 is 0 Å². The van der Waals surface area contributed by atoms with Crippen LogP contribution in [0.4, 0.5) is 0 Å². The molecule has 0 aromatic rings. The molecule has 0 unspecified atom stereocenters. The summed E-state index contributed by atoms with van der Waals surface area (Å²) in [6.45, 7) is 6.21. The number of ether oxygens (including phenoxy) is 2. The first-order chi connectivity index (χ1) is 9.86. The van der Waals surface area contributed by atoms with Gasteiger partial charge in [0.2, 0.25) is 0 Å². The van der Waals surface area contributed by atoms with E-state index in [4.69, 9.17) is 9.47 Å². The third-order valence-electron chi connectivity index (χ3n) is 3.64. The van der Waals surface area contributed by atoms with Crippen molar-refractivity contribution in [3.8, 4) is 0 Å². The highest BCUT2D eigenvalue weighted by atomic mass is 16.5. The molecule has 0 radical (unpaired) electrons. The van der Waals surface area contributed by atoms with Gasteiger partial charge in [-0.2, -0.15) is 0 Å². The van der Waals surface area contributed by atoms with Gasteiger partial charge in [0, 0.05) is 12.8 Å². The van der Waals surface area contributed by atoms with E-state index in [1.807, 2.05) is 0 Å². The van der Waals surface area contributed by atoms with Crippen LogP contribution in [0.3, 0.4) is 0 Å². The highest BCUT2D eigenvalue weighted by Gasteiger charge is 2.08. The maximum absolute atomic E-state index is 5.80. The molecule has 0 saturated heterocycles. The summed E-state index contributed by atoms with van der Waals surface area (Å²) in [6, 6.07) is 0. The molecular formula is C18H32O2. The van der Waals surface area contributed by atoms with Gasteiger partial charge in [0.15, 0.2) is 0 Å². The average Bonchev–Trinajstić information content (AvgIpc) is 2.48. The minimum Gasteiger partial charge on any atom is -0.498 e. The summed E-state index contributed by atoms with van der Waals surface area (Å²) in [5, 5.41) is 0. The highest BCUT2D eigenvalue weighted by Crippen LogP contribution is 2.20. The second-order valence-corrected chi connectivity index (χ2v) is 5.58. The van der Waals surface area contributed by atoms with Crippen molar-refractivity contribution in [3.63, 3.8) is 0 Å². The molecule has 1 rings (SSSR count). The summed E-state index contributed by atoms with van der Waals surface area (Å²) in [5.41, 5.74) is 0. The highest BCUT2D eigenvalue weighted by molar-refractivity contribution is 5.17. The van der Waals surface area contributed by atoms with Gasteiger partial charge in [-0.25, -0.2) is 0 Å². The topological polar surface area (TPSA) is 18.5 Å². The summed E-state index contributed by atoms with van der Waals surface area (Å²) in [5.74, 6) is 2.25. The summed E-state index contributed by atoms with van der Waals surface area (Å²) < 4.78 is 11.6. The van der Waals surface area contributed by atoms with Gasteiger partial charge in [-0.05, 0) is 25.0 Å². The molecule has 0 fully saturated rings. The Kier molecular flexibility index (Phi) is 10.2. The quantitative estimate of drug-likeness (QED) is 0.424. The smallest absolute Gasteiger partial charge is 0.0965 e. The van der Waals surface area contributed by atoms with Crippen molar-refractivity contribution < 1.29 is 9.47 Å². The van der Waals surface area contributed by atoms with E-state index in [1.165, 1.54) is 51.4 Å². The van der Waals surface area contributed by atoms with Crippen molar-refractivity contribution >= 4 is 0 Å². The van der Waals surface area contributed by atoms with Crippen molar-refractivity contribution in [3.05, 3.63) is 23.7 Å². The first-order valence-corrected chi connectivity index (χ1v) is 8.52. The van der Waals surface area contributed by atoms with Gasteiger partial charge in [0.25, 0.3) is 0 Å². The minimum atomic E-state index is 0.868. The lowest BCUT2D eigenvalue weighted by Crippen LogP contribution is -2.03. The fourth-order valence-electron chi connectivity index (χ4n) is 2.30. The predicted octanol–water partition coefficient (Wildman–Crippen LogP) is 5.74. The van der Waals surface area contributed by atoms with Gasteiger partial charge >= 0.3 is 0 Å². The molecule has 2 nitrogen and oxygen atoms in total. The van der Waals surface area contributed by atoms with E-state index in [0.717, 1.165) is 37.6 Å². The fourth-order valence-corrected chi connectivity index (χ4v) is 2.30. The molecule has 20 heavy (non-hydrogen) atoms. The predicted molar refractivity (Wildman–Crippen MR) is 85.6 cm³/mol. The molecule has 1 aliphatic carbocycles. The molecule has 0 bridgehead atoms. The minimum absolute atomic E-state index is 0.868. The Balaban J connectivity index is 2.08. The monoisotopic (exact) mass is 280 g/mol. The van der Waals surface area contributed by atoms with Crippen molar-refractivity contribution in [1.82, 2.24) is 0 Å². The second kappa shape index (κ2) is 11.9. The first kappa shape index (κ1) is 17.1. The molecule has 0 amide bonds. The van der Waals surface area contributed by atoms with Crippen molar-refractivity contribution in [2.75, 3.05) is 13.2 Å². The lowest BCUT2D eigenvalue weighted by atomic mass is 10.1. The van der Waals surface area contributed by atoms with E-state index in [-0.39, 0.29) is 0 Å². The third-order valence-corrected chi connectivity index (χ3v) is 3.64. The molecule has 1 aliphatic rings. The van der Waals surface area contributed by atoms with E-state index in [2.05, 4.69) is 26.0 Å². The van der Waals surface area contributed by atoms with Crippen LogP contribution in [-0.4, -0.2) is 13.2 Å². The number of rotatable bonds is 12. The molecule has 0 aromatic carbocycles. The summed E-state index contributed by atoms with van der Waals surface area (Å²) in [7, 11) is 0. The van der Waals surface area contributed by atoms with Crippen LogP contribution in [0.25, 0.3) is 0 Å². The Morgan fingerprint density at radius 1 is 0.700 bits per heavy atom. The molecule has 0 N–H and O–H groups in total. The number of unbranched alkanes of at least 4 members (excludes halogenated alkanes) is 6. The van der Waals surface area contributed by atoms with Crippen LogP contribution in [0.5, 0.6) is 0 Å². The van der Waals surface area contributed by atoms with Crippen LogP contribution in [-0.2, 0) is 9.47 Å². The standard InChI is InChI=1S/C18H32O2/c1-3-5-7-9-15-19-17-11-13-18(14-12-17)20-16-10-8-6-4-2/h11,13H,3-10,12,14-16H2,1-2H3. The number of hydrogen-bond acceptors (Lipinski definition) is 2. The van der Waals surface area contributed by atoms with E-state index in [9.17, 15) is 0 Å². The third kappa shape index (κ3) is 8.29. The molecule has 2 heteroatoms. The van der Waals surface area contributed by atoms with Gasteiger partial charge in [-0.3, -0.25) is 0 Å². The Labute approximate surface area is 125 Å². The van der Waals surface area contributed by atoms with Crippen molar-refractivity contribution in [2.45, 2.75) is 78.1 Å². The van der Waals surface area contributed by atoms with Gasteiger partial charge < -0.3 is 9.47 Å². The van der Waals surface area contributed by atoms with Crippen LogP contribution in [0, 0.1) is 0 Å². The number of hydrogen-bond donors (Lipinski definition) is 0. The Morgan fingerprint density at radius 3 is 1.50 bits per heavy atom. The molecule has 0 atom stereocenters. The Bertz CT molecular complexity index is 262. The van der Waals surface area contributed by atoms with E-state index < -0.39 is 0 Å². The summed E-state index contributed by atoms with van der Waals surface area (Å²) in [4.78, 5) is 0. The molecule has 0 saturated carbocycles. The van der Waals surface area contributed by atoms with Crippen molar-refractivity contribution in [2.24, 2.45) is 0 Å². The molecule has 0 heterocycles. The summed E-state index contributed by atoms with van der Waals surface area (Å²) in [6.07, 6.45) is 16.3.